The fraction of sp³-hybridized carbons (Fsp3) is 0.393. The van der Waals surface area contributed by atoms with Crippen LogP contribution in [0.2, 0.25) is 0 Å². The van der Waals surface area contributed by atoms with Gasteiger partial charge in [-0.25, -0.2) is 0 Å². The molecule has 0 radical (unpaired) electrons. The number of benzene rings is 2. The maximum absolute atomic E-state index is 6.23. The highest BCUT2D eigenvalue weighted by atomic mass is 16.7. The van der Waals surface area contributed by atoms with Crippen LogP contribution < -0.4 is 10.2 Å². The maximum Gasteiger partial charge on any atom is 0.494 e. The second kappa shape index (κ2) is 8.30. The minimum Gasteiger partial charge on any atom is -0.487 e. The molecule has 170 valence electrons. The summed E-state index contributed by atoms with van der Waals surface area (Å²) in [4.78, 5) is 4.32. The number of pyridine rings is 1. The molecule has 0 amide bonds. The number of hydrogen-bond donors (Lipinski definition) is 0. The molecular formula is C28H32BNO3. The molecule has 33 heavy (non-hydrogen) atoms. The highest BCUT2D eigenvalue weighted by molar-refractivity contribution is 6.62. The van der Waals surface area contributed by atoms with Gasteiger partial charge in [0.2, 0.25) is 0 Å². The van der Waals surface area contributed by atoms with E-state index in [2.05, 4.69) is 81.2 Å². The third-order valence-electron chi connectivity index (χ3n) is 7.72. The van der Waals surface area contributed by atoms with Crippen LogP contribution in [0.25, 0.3) is 0 Å². The summed E-state index contributed by atoms with van der Waals surface area (Å²) >= 11 is 0. The van der Waals surface area contributed by atoms with Gasteiger partial charge >= 0.3 is 7.12 Å². The van der Waals surface area contributed by atoms with E-state index in [9.17, 15) is 0 Å². The van der Waals surface area contributed by atoms with Crippen molar-refractivity contribution >= 4 is 12.6 Å². The van der Waals surface area contributed by atoms with Crippen LogP contribution in [0.15, 0.2) is 72.9 Å². The van der Waals surface area contributed by atoms with E-state index in [0.29, 0.717) is 6.61 Å². The number of ether oxygens (including phenoxy) is 1. The maximum atomic E-state index is 6.23. The molecule has 5 heteroatoms. The molecule has 1 saturated carbocycles. The van der Waals surface area contributed by atoms with Crippen LogP contribution in [0.5, 0.6) is 5.75 Å². The van der Waals surface area contributed by atoms with Gasteiger partial charge in [0, 0.05) is 11.6 Å². The molecule has 5 rings (SSSR count). The Hall–Kier alpha value is -2.63. The monoisotopic (exact) mass is 441 g/mol. The van der Waals surface area contributed by atoms with Gasteiger partial charge in [0.1, 0.15) is 12.4 Å². The van der Waals surface area contributed by atoms with Crippen LogP contribution in [-0.2, 0) is 21.3 Å². The number of rotatable bonds is 6. The van der Waals surface area contributed by atoms with Crippen LogP contribution >= 0.6 is 0 Å². The van der Waals surface area contributed by atoms with Crippen LogP contribution in [-0.4, -0.2) is 23.3 Å². The van der Waals surface area contributed by atoms with Crippen molar-refractivity contribution in [3.8, 4) is 5.75 Å². The molecule has 0 atom stereocenters. The Bertz CT molecular complexity index is 1070. The Morgan fingerprint density at radius 2 is 1.42 bits per heavy atom. The van der Waals surface area contributed by atoms with E-state index in [1.807, 2.05) is 18.2 Å². The molecule has 1 aromatic heterocycles. The smallest absolute Gasteiger partial charge is 0.487 e. The first-order valence-electron chi connectivity index (χ1n) is 11.9. The molecule has 4 nitrogen and oxygen atoms in total. The standard InChI is InChI=1S/C28H32BNO3/c1-26(2)27(3,4)33-29(32-26)23-13-9-21(10-14-23)28(17-7-18-28)22-11-15-25(16-12-22)31-20-24-8-5-6-19-30-24/h5-6,8-16,19H,7,17-18,20H2,1-4H3. The zero-order valence-electron chi connectivity index (χ0n) is 20.0. The van der Waals surface area contributed by atoms with E-state index in [4.69, 9.17) is 14.0 Å². The van der Waals surface area contributed by atoms with E-state index in [-0.39, 0.29) is 23.7 Å². The first-order chi connectivity index (χ1) is 15.8. The summed E-state index contributed by atoms with van der Waals surface area (Å²) in [7, 11) is -0.322. The Balaban J connectivity index is 1.31. The summed E-state index contributed by atoms with van der Waals surface area (Å²) in [6, 6.07) is 23.3. The van der Waals surface area contributed by atoms with Crippen molar-refractivity contribution in [1.29, 1.82) is 0 Å². The first-order valence-corrected chi connectivity index (χ1v) is 11.9. The Labute approximate surface area is 197 Å². The number of nitrogens with zero attached hydrogens (tertiary/aromatic N) is 1. The molecule has 2 fully saturated rings. The van der Waals surface area contributed by atoms with Crippen molar-refractivity contribution in [2.45, 2.75) is 70.2 Å². The summed E-state index contributed by atoms with van der Waals surface area (Å²) in [5, 5.41) is 0. The van der Waals surface area contributed by atoms with Gasteiger partial charge in [-0.3, -0.25) is 4.98 Å². The molecule has 0 bridgehead atoms. The molecule has 1 aliphatic carbocycles. The molecule has 0 N–H and O–H groups in total. The van der Waals surface area contributed by atoms with Gasteiger partial charge in [0.05, 0.1) is 16.9 Å². The van der Waals surface area contributed by atoms with Crippen molar-refractivity contribution in [3.63, 3.8) is 0 Å². The first kappa shape index (κ1) is 22.2. The molecule has 1 aliphatic heterocycles. The predicted octanol–water partition coefficient (Wildman–Crippen LogP) is 5.43. The predicted molar refractivity (Wildman–Crippen MR) is 132 cm³/mol. The fourth-order valence-electron chi connectivity index (χ4n) is 4.72. The highest BCUT2D eigenvalue weighted by Gasteiger charge is 2.51. The van der Waals surface area contributed by atoms with Crippen molar-refractivity contribution in [2.75, 3.05) is 0 Å². The minimum atomic E-state index is -0.327. The lowest BCUT2D eigenvalue weighted by Gasteiger charge is -2.43. The molecule has 0 unspecified atom stereocenters. The summed E-state index contributed by atoms with van der Waals surface area (Å²) in [5.41, 5.74) is 4.13. The largest absolute Gasteiger partial charge is 0.494 e. The summed E-state index contributed by atoms with van der Waals surface area (Å²) in [6.07, 6.45) is 5.37. The van der Waals surface area contributed by atoms with Crippen LogP contribution in [0.3, 0.4) is 0 Å². The lowest BCUT2D eigenvalue weighted by molar-refractivity contribution is 0.00578. The summed E-state index contributed by atoms with van der Waals surface area (Å²) in [6.45, 7) is 8.84. The van der Waals surface area contributed by atoms with Crippen molar-refractivity contribution in [1.82, 2.24) is 4.98 Å². The fourth-order valence-corrected chi connectivity index (χ4v) is 4.72. The molecular weight excluding hydrogens is 409 g/mol. The Morgan fingerprint density at radius 3 is 1.94 bits per heavy atom. The summed E-state index contributed by atoms with van der Waals surface area (Å²) in [5.74, 6) is 0.870. The van der Waals surface area contributed by atoms with Crippen molar-refractivity contribution in [2.24, 2.45) is 0 Å². The van der Waals surface area contributed by atoms with E-state index in [1.54, 1.807) is 6.20 Å². The summed E-state index contributed by atoms with van der Waals surface area (Å²) < 4.78 is 18.4. The molecule has 2 aliphatic rings. The second-order valence-corrected chi connectivity index (χ2v) is 10.3. The van der Waals surface area contributed by atoms with Gasteiger partial charge in [0.15, 0.2) is 0 Å². The average molecular weight is 441 g/mol. The third-order valence-corrected chi connectivity index (χ3v) is 7.72. The van der Waals surface area contributed by atoms with Gasteiger partial charge in [-0.1, -0.05) is 48.9 Å². The van der Waals surface area contributed by atoms with E-state index >= 15 is 0 Å². The SMILES string of the molecule is CC1(C)OB(c2ccc(C3(c4ccc(OCc5ccccn5)cc4)CCC3)cc2)OC1(C)C. The molecule has 1 saturated heterocycles. The molecule has 2 heterocycles. The van der Waals surface area contributed by atoms with Gasteiger partial charge in [-0.15, -0.1) is 0 Å². The van der Waals surface area contributed by atoms with Crippen LogP contribution in [0, 0.1) is 0 Å². The molecule has 3 aromatic rings. The second-order valence-electron chi connectivity index (χ2n) is 10.3. The van der Waals surface area contributed by atoms with E-state index < -0.39 is 0 Å². The van der Waals surface area contributed by atoms with Gasteiger partial charge in [0.25, 0.3) is 0 Å². The van der Waals surface area contributed by atoms with Gasteiger partial charge in [-0.2, -0.15) is 0 Å². The molecule has 0 spiro atoms. The minimum absolute atomic E-state index is 0.0774. The van der Waals surface area contributed by atoms with Crippen LogP contribution in [0.1, 0.15) is 63.8 Å². The Kier molecular flexibility index (Phi) is 5.58. The topological polar surface area (TPSA) is 40.6 Å². The Morgan fingerprint density at radius 1 is 0.818 bits per heavy atom. The number of aromatic nitrogens is 1. The van der Waals surface area contributed by atoms with E-state index in [1.165, 1.54) is 17.5 Å². The quantitative estimate of drug-likeness (QED) is 0.479. The third kappa shape index (κ3) is 4.09. The lowest BCUT2D eigenvalue weighted by atomic mass is 9.60. The van der Waals surface area contributed by atoms with Gasteiger partial charge in [-0.05, 0) is 81.4 Å². The zero-order chi connectivity index (χ0) is 23.1. The molecule has 2 aromatic carbocycles. The normalized spacial score (nSPS) is 20.3. The van der Waals surface area contributed by atoms with Crippen LogP contribution in [0.4, 0.5) is 0 Å². The van der Waals surface area contributed by atoms with Crippen molar-refractivity contribution in [3.05, 3.63) is 89.7 Å². The zero-order valence-corrected chi connectivity index (χ0v) is 20.0. The highest BCUT2D eigenvalue weighted by Crippen LogP contribution is 2.49. The number of hydrogen-bond acceptors (Lipinski definition) is 4. The van der Waals surface area contributed by atoms with Gasteiger partial charge < -0.3 is 14.0 Å². The lowest BCUT2D eigenvalue weighted by Crippen LogP contribution is -2.41. The van der Waals surface area contributed by atoms with E-state index in [0.717, 1.165) is 29.7 Å². The van der Waals surface area contributed by atoms with Crippen molar-refractivity contribution < 1.29 is 14.0 Å². The average Bonchev–Trinajstić information content (AvgIpc) is 3.00.